The van der Waals surface area contributed by atoms with Crippen LogP contribution in [0, 0.1) is 0 Å². The van der Waals surface area contributed by atoms with Crippen molar-refractivity contribution in [2.45, 2.75) is 13.8 Å². The first-order valence-electron chi connectivity index (χ1n) is 4.63. The van der Waals surface area contributed by atoms with Gasteiger partial charge in [0, 0.05) is 5.69 Å². The second kappa shape index (κ2) is 6.67. The Labute approximate surface area is 89.4 Å². The van der Waals surface area contributed by atoms with Gasteiger partial charge in [-0.1, -0.05) is 13.8 Å². The number of nitrogens with one attached hydrogen (secondary N) is 1. The first-order chi connectivity index (χ1) is 7.19. The zero-order valence-corrected chi connectivity index (χ0v) is 9.20. The van der Waals surface area contributed by atoms with Crippen LogP contribution in [-0.4, -0.2) is 13.0 Å². The maximum absolute atomic E-state index is 11.1. The van der Waals surface area contributed by atoms with E-state index in [1.54, 1.807) is 12.1 Å². The van der Waals surface area contributed by atoms with E-state index >= 15 is 0 Å². The second-order valence-electron chi connectivity index (χ2n) is 2.43. The molecule has 0 spiro atoms. The summed E-state index contributed by atoms with van der Waals surface area (Å²) in [6.45, 7) is 4.00. The zero-order chi connectivity index (χ0) is 11.8. The summed E-state index contributed by atoms with van der Waals surface area (Å²) in [4.78, 5) is 11.1. The third-order valence-electron chi connectivity index (χ3n) is 1.64. The van der Waals surface area contributed by atoms with E-state index in [0.29, 0.717) is 17.0 Å². The molecule has 0 fully saturated rings. The van der Waals surface area contributed by atoms with E-state index in [4.69, 9.17) is 16.3 Å². The molecule has 0 aliphatic rings. The topological polar surface area (TPSA) is 90.4 Å². The zero-order valence-electron chi connectivity index (χ0n) is 9.20. The van der Waals surface area contributed by atoms with E-state index in [0.717, 1.165) is 0 Å². The summed E-state index contributed by atoms with van der Waals surface area (Å²) in [5.41, 5.74) is 8.22. The lowest BCUT2D eigenvalue weighted by Gasteiger charge is -2.05. The standard InChI is InChI=1S/C8H11N3O2.C2H6/c1-13-5-2-3-7(9)6(4-5)8(12)11-10;1-2/h2-4H,9-10H2,1H3,(H,11,12);1-2H3. The largest absolute Gasteiger partial charge is 0.497 e. The molecule has 1 rings (SSSR count). The van der Waals surface area contributed by atoms with Gasteiger partial charge in [-0.15, -0.1) is 0 Å². The first-order valence-corrected chi connectivity index (χ1v) is 4.63. The lowest BCUT2D eigenvalue weighted by molar-refractivity contribution is 0.0954. The molecule has 1 aromatic carbocycles. The molecule has 0 aliphatic heterocycles. The maximum Gasteiger partial charge on any atom is 0.267 e. The number of benzene rings is 1. The van der Waals surface area contributed by atoms with E-state index in [1.165, 1.54) is 13.2 Å². The van der Waals surface area contributed by atoms with Crippen LogP contribution < -0.4 is 21.7 Å². The van der Waals surface area contributed by atoms with Gasteiger partial charge in [0.1, 0.15) is 5.75 Å². The van der Waals surface area contributed by atoms with Gasteiger partial charge in [-0.2, -0.15) is 0 Å². The molecule has 0 unspecified atom stereocenters. The highest BCUT2D eigenvalue weighted by Gasteiger charge is 2.08. The molecule has 15 heavy (non-hydrogen) atoms. The van der Waals surface area contributed by atoms with Gasteiger partial charge >= 0.3 is 0 Å². The van der Waals surface area contributed by atoms with Gasteiger partial charge in [0.2, 0.25) is 0 Å². The number of hydrogen-bond acceptors (Lipinski definition) is 4. The predicted molar refractivity (Wildman–Crippen MR) is 60.4 cm³/mol. The molecule has 1 aromatic rings. The Kier molecular flexibility index (Phi) is 5.89. The van der Waals surface area contributed by atoms with Crippen LogP contribution >= 0.6 is 0 Å². The fourth-order valence-corrected chi connectivity index (χ4v) is 0.937. The number of amides is 1. The molecule has 5 heteroatoms. The molecule has 0 aromatic heterocycles. The lowest BCUT2D eigenvalue weighted by atomic mass is 10.1. The number of hydrazine groups is 1. The fraction of sp³-hybridized carbons (Fsp3) is 0.300. The van der Waals surface area contributed by atoms with E-state index in [2.05, 4.69) is 0 Å². The number of carbonyl (C=O) groups excluding carboxylic acids is 1. The number of methoxy groups -OCH3 is 1. The highest BCUT2D eigenvalue weighted by molar-refractivity contribution is 5.99. The minimum Gasteiger partial charge on any atom is -0.497 e. The Morgan fingerprint density at radius 3 is 2.47 bits per heavy atom. The van der Waals surface area contributed by atoms with Crippen molar-refractivity contribution < 1.29 is 9.53 Å². The Morgan fingerprint density at radius 1 is 1.40 bits per heavy atom. The number of anilines is 1. The van der Waals surface area contributed by atoms with Crippen LogP contribution in [0.15, 0.2) is 18.2 Å². The number of ether oxygens (including phenoxy) is 1. The SMILES string of the molecule is CC.COc1ccc(N)c(C(=O)NN)c1. The van der Waals surface area contributed by atoms with Crippen LogP contribution in [0.2, 0.25) is 0 Å². The summed E-state index contributed by atoms with van der Waals surface area (Å²) in [6, 6.07) is 4.78. The average molecular weight is 211 g/mol. The van der Waals surface area contributed by atoms with Gasteiger partial charge < -0.3 is 10.5 Å². The van der Waals surface area contributed by atoms with Gasteiger partial charge in [0.25, 0.3) is 5.91 Å². The fourth-order valence-electron chi connectivity index (χ4n) is 0.937. The van der Waals surface area contributed by atoms with E-state index in [1.807, 2.05) is 19.3 Å². The Morgan fingerprint density at radius 2 is 2.00 bits per heavy atom. The smallest absolute Gasteiger partial charge is 0.267 e. The Hall–Kier alpha value is -1.75. The number of carbonyl (C=O) groups is 1. The summed E-state index contributed by atoms with van der Waals surface area (Å²) in [6.07, 6.45) is 0. The summed E-state index contributed by atoms with van der Waals surface area (Å²) >= 11 is 0. The van der Waals surface area contributed by atoms with E-state index < -0.39 is 5.91 Å². The monoisotopic (exact) mass is 211 g/mol. The highest BCUT2D eigenvalue weighted by atomic mass is 16.5. The molecular formula is C10H17N3O2. The molecule has 0 heterocycles. The summed E-state index contributed by atoms with van der Waals surface area (Å²) in [5.74, 6) is 5.10. The summed E-state index contributed by atoms with van der Waals surface area (Å²) in [7, 11) is 1.51. The van der Waals surface area contributed by atoms with Crippen molar-refractivity contribution >= 4 is 11.6 Å². The summed E-state index contributed by atoms with van der Waals surface area (Å²) < 4.78 is 4.93. The molecule has 0 aliphatic carbocycles. The lowest BCUT2D eigenvalue weighted by Crippen LogP contribution is -2.30. The molecule has 0 radical (unpaired) electrons. The van der Waals surface area contributed by atoms with Crippen molar-refractivity contribution in [2.24, 2.45) is 5.84 Å². The molecule has 0 saturated heterocycles. The average Bonchev–Trinajstić information content (AvgIpc) is 2.31. The normalized spacial score (nSPS) is 8.53. The van der Waals surface area contributed by atoms with Gasteiger partial charge in [0.05, 0.1) is 12.7 Å². The quantitative estimate of drug-likeness (QED) is 0.293. The van der Waals surface area contributed by atoms with Crippen LogP contribution in [0.1, 0.15) is 24.2 Å². The minimum absolute atomic E-state index is 0.307. The minimum atomic E-state index is -0.434. The van der Waals surface area contributed by atoms with Crippen molar-refractivity contribution in [3.05, 3.63) is 23.8 Å². The molecule has 5 N–H and O–H groups in total. The van der Waals surface area contributed by atoms with Crippen molar-refractivity contribution in [1.82, 2.24) is 5.43 Å². The van der Waals surface area contributed by atoms with Crippen molar-refractivity contribution in [2.75, 3.05) is 12.8 Å². The maximum atomic E-state index is 11.1. The number of nitrogens with two attached hydrogens (primary N) is 2. The molecule has 5 nitrogen and oxygen atoms in total. The van der Waals surface area contributed by atoms with Gasteiger partial charge in [-0.3, -0.25) is 10.2 Å². The van der Waals surface area contributed by atoms with Crippen LogP contribution in [-0.2, 0) is 0 Å². The number of hydrogen-bond donors (Lipinski definition) is 3. The van der Waals surface area contributed by atoms with Crippen LogP contribution in [0.4, 0.5) is 5.69 Å². The summed E-state index contributed by atoms with van der Waals surface area (Å²) in [5, 5.41) is 0. The molecule has 1 amide bonds. The molecule has 84 valence electrons. The molecule has 0 bridgehead atoms. The Bertz CT molecular complexity index is 326. The molecular weight excluding hydrogens is 194 g/mol. The van der Waals surface area contributed by atoms with Crippen molar-refractivity contribution in [3.8, 4) is 5.75 Å². The van der Waals surface area contributed by atoms with Crippen molar-refractivity contribution in [1.29, 1.82) is 0 Å². The number of nitrogen functional groups attached to an aromatic ring is 2. The third kappa shape index (κ3) is 3.47. The van der Waals surface area contributed by atoms with E-state index in [9.17, 15) is 4.79 Å². The van der Waals surface area contributed by atoms with Crippen LogP contribution in [0.5, 0.6) is 5.75 Å². The van der Waals surface area contributed by atoms with Crippen molar-refractivity contribution in [3.63, 3.8) is 0 Å². The van der Waals surface area contributed by atoms with Gasteiger partial charge in [-0.05, 0) is 18.2 Å². The highest BCUT2D eigenvalue weighted by Crippen LogP contribution is 2.18. The predicted octanol–water partition coefficient (Wildman–Crippen LogP) is 0.907. The second-order valence-corrected chi connectivity index (χ2v) is 2.43. The number of rotatable bonds is 2. The third-order valence-corrected chi connectivity index (χ3v) is 1.64. The molecule has 0 saturated carbocycles. The molecule has 0 atom stereocenters. The van der Waals surface area contributed by atoms with Crippen LogP contribution in [0.25, 0.3) is 0 Å². The Balaban J connectivity index is 0.000000921. The van der Waals surface area contributed by atoms with E-state index in [-0.39, 0.29) is 0 Å². The first kappa shape index (κ1) is 13.2. The van der Waals surface area contributed by atoms with Gasteiger partial charge in [-0.25, -0.2) is 5.84 Å². The van der Waals surface area contributed by atoms with Crippen LogP contribution in [0.3, 0.4) is 0 Å². The van der Waals surface area contributed by atoms with Gasteiger partial charge in [0.15, 0.2) is 0 Å².